The fourth-order valence-corrected chi connectivity index (χ4v) is 4.45. The van der Waals surface area contributed by atoms with Gasteiger partial charge in [0, 0.05) is 12.6 Å². The van der Waals surface area contributed by atoms with Crippen molar-refractivity contribution >= 4 is 9.84 Å². The van der Waals surface area contributed by atoms with E-state index in [-0.39, 0.29) is 11.3 Å². The summed E-state index contributed by atoms with van der Waals surface area (Å²) in [5.74, 6) is 0.181. The largest absolute Gasteiger partial charge is 0.328 e. The predicted molar refractivity (Wildman–Crippen MR) is 70.0 cm³/mol. The molecular weight excluding hydrogens is 248 g/mol. The fraction of sp³-hybridized carbons (Fsp3) is 0.538. The maximum atomic E-state index is 12.1. The van der Waals surface area contributed by atoms with E-state index < -0.39 is 9.84 Å². The van der Waals surface area contributed by atoms with Gasteiger partial charge >= 0.3 is 0 Å². The molecule has 5 heteroatoms. The van der Waals surface area contributed by atoms with E-state index in [0.717, 1.165) is 18.4 Å². The van der Waals surface area contributed by atoms with Crippen molar-refractivity contribution in [1.82, 2.24) is 5.32 Å². The predicted octanol–water partition coefficient (Wildman–Crippen LogP) is 0.770. The van der Waals surface area contributed by atoms with Crippen LogP contribution in [0.3, 0.4) is 0 Å². The molecule has 1 saturated carbocycles. The summed E-state index contributed by atoms with van der Waals surface area (Å²) in [6.07, 6.45) is 2.90. The summed E-state index contributed by atoms with van der Waals surface area (Å²) in [5, 5.41) is 3.56. The molecule has 1 unspecified atom stereocenters. The lowest BCUT2D eigenvalue weighted by molar-refractivity contribution is 0.314. The van der Waals surface area contributed by atoms with Gasteiger partial charge in [0.25, 0.3) is 0 Å². The molecule has 1 aliphatic heterocycles. The molecule has 1 atom stereocenters. The van der Waals surface area contributed by atoms with Crippen molar-refractivity contribution in [1.29, 1.82) is 0 Å². The highest BCUT2D eigenvalue weighted by Crippen LogP contribution is 2.38. The molecule has 3 N–H and O–H groups in total. The van der Waals surface area contributed by atoms with Crippen molar-refractivity contribution in [3.05, 3.63) is 29.8 Å². The summed E-state index contributed by atoms with van der Waals surface area (Å²) >= 11 is 0. The van der Waals surface area contributed by atoms with E-state index in [1.807, 2.05) is 12.1 Å². The standard InChI is InChI=1S/C13H18N2O2S/c14-9-13(15-10-5-6-10)7-8-18(16,17)12-4-2-1-3-11(12)13/h1-4,10,15H,5-9,14H2. The maximum Gasteiger partial charge on any atom is 0.178 e. The first-order chi connectivity index (χ1) is 8.57. The lowest BCUT2D eigenvalue weighted by Crippen LogP contribution is -2.53. The van der Waals surface area contributed by atoms with Gasteiger partial charge in [-0.2, -0.15) is 0 Å². The first-order valence-electron chi connectivity index (χ1n) is 6.37. The van der Waals surface area contributed by atoms with Crippen molar-refractivity contribution in [2.75, 3.05) is 12.3 Å². The van der Waals surface area contributed by atoms with Crippen molar-refractivity contribution in [3.8, 4) is 0 Å². The maximum absolute atomic E-state index is 12.1. The van der Waals surface area contributed by atoms with Crippen LogP contribution in [0.2, 0.25) is 0 Å². The van der Waals surface area contributed by atoms with Crippen LogP contribution >= 0.6 is 0 Å². The van der Waals surface area contributed by atoms with Crippen LogP contribution in [0, 0.1) is 0 Å². The van der Waals surface area contributed by atoms with Crippen molar-refractivity contribution in [2.45, 2.75) is 35.7 Å². The number of nitrogens with two attached hydrogens (primary N) is 1. The summed E-state index contributed by atoms with van der Waals surface area (Å²) in [7, 11) is -3.13. The van der Waals surface area contributed by atoms with Gasteiger partial charge in [0.1, 0.15) is 0 Å². The van der Waals surface area contributed by atoms with Gasteiger partial charge in [-0.1, -0.05) is 18.2 Å². The van der Waals surface area contributed by atoms with Gasteiger partial charge in [0.05, 0.1) is 16.2 Å². The fourth-order valence-electron chi connectivity index (χ4n) is 2.73. The third-order valence-electron chi connectivity index (χ3n) is 3.94. The molecule has 0 bridgehead atoms. The average molecular weight is 266 g/mol. The molecule has 1 fully saturated rings. The zero-order chi connectivity index (χ0) is 12.8. The Hall–Kier alpha value is -0.910. The van der Waals surface area contributed by atoms with Gasteiger partial charge in [-0.25, -0.2) is 8.42 Å². The Morgan fingerprint density at radius 3 is 2.72 bits per heavy atom. The van der Waals surface area contributed by atoms with Crippen LogP contribution in [0.5, 0.6) is 0 Å². The summed E-state index contributed by atoms with van der Waals surface area (Å²) < 4.78 is 24.2. The zero-order valence-electron chi connectivity index (χ0n) is 10.2. The quantitative estimate of drug-likeness (QED) is 0.847. The van der Waals surface area contributed by atoms with E-state index in [4.69, 9.17) is 5.73 Å². The number of benzene rings is 1. The monoisotopic (exact) mass is 266 g/mol. The van der Waals surface area contributed by atoms with Gasteiger partial charge in [0.2, 0.25) is 0 Å². The van der Waals surface area contributed by atoms with Crippen LogP contribution in [0.4, 0.5) is 0 Å². The SMILES string of the molecule is NCC1(NC2CC2)CCS(=O)(=O)c2ccccc21. The first-order valence-corrected chi connectivity index (χ1v) is 8.03. The Morgan fingerprint density at radius 1 is 1.33 bits per heavy atom. The van der Waals surface area contributed by atoms with Gasteiger partial charge in [-0.3, -0.25) is 0 Å². The smallest absolute Gasteiger partial charge is 0.178 e. The summed E-state index contributed by atoms with van der Waals surface area (Å²) in [5.41, 5.74) is 6.45. The lowest BCUT2D eigenvalue weighted by atomic mass is 9.86. The van der Waals surface area contributed by atoms with E-state index in [2.05, 4.69) is 5.32 Å². The molecule has 2 aliphatic rings. The van der Waals surface area contributed by atoms with Crippen LogP contribution in [0.25, 0.3) is 0 Å². The van der Waals surface area contributed by atoms with Crippen LogP contribution in [0.15, 0.2) is 29.2 Å². The molecular formula is C13H18N2O2S. The van der Waals surface area contributed by atoms with Gasteiger partial charge in [0.15, 0.2) is 9.84 Å². The Balaban J connectivity index is 2.12. The Kier molecular flexibility index (Phi) is 2.73. The number of hydrogen-bond donors (Lipinski definition) is 2. The highest BCUT2D eigenvalue weighted by Gasteiger charge is 2.43. The number of rotatable bonds is 3. The van der Waals surface area contributed by atoms with Crippen molar-refractivity contribution in [3.63, 3.8) is 0 Å². The second-order valence-electron chi connectivity index (χ2n) is 5.27. The Morgan fingerprint density at radius 2 is 2.06 bits per heavy atom. The van der Waals surface area contributed by atoms with Crippen LogP contribution in [0.1, 0.15) is 24.8 Å². The molecule has 0 aromatic heterocycles. The normalized spacial score (nSPS) is 29.8. The first kappa shape index (κ1) is 12.1. The molecule has 0 saturated heterocycles. The lowest BCUT2D eigenvalue weighted by Gasteiger charge is -2.39. The molecule has 1 aliphatic carbocycles. The molecule has 1 aromatic rings. The number of hydrogen-bond acceptors (Lipinski definition) is 4. The zero-order valence-corrected chi connectivity index (χ0v) is 11.0. The van der Waals surface area contributed by atoms with Crippen LogP contribution < -0.4 is 11.1 Å². The van der Waals surface area contributed by atoms with E-state index in [0.29, 0.717) is 23.9 Å². The molecule has 98 valence electrons. The summed E-state index contributed by atoms with van der Waals surface area (Å²) in [6.45, 7) is 0.441. The van der Waals surface area contributed by atoms with Crippen LogP contribution in [-0.2, 0) is 15.4 Å². The average Bonchev–Trinajstić information content (AvgIpc) is 3.18. The van der Waals surface area contributed by atoms with E-state index in [1.54, 1.807) is 12.1 Å². The third kappa shape index (κ3) is 1.86. The number of sulfone groups is 1. The van der Waals surface area contributed by atoms with Gasteiger partial charge in [-0.15, -0.1) is 0 Å². The number of fused-ring (bicyclic) bond motifs is 1. The topological polar surface area (TPSA) is 72.2 Å². The molecule has 3 rings (SSSR count). The van der Waals surface area contributed by atoms with E-state index in [9.17, 15) is 8.42 Å². The summed E-state index contributed by atoms with van der Waals surface area (Å²) in [4.78, 5) is 0.454. The second-order valence-corrected chi connectivity index (χ2v) is 7.35. The minimum Gasteiger partial charge on any atom is -0.328 e. The van der Waals surface area contributed by atoms with E-state index >= 15 is 0 Å². The molecule has 0 radical (unpaired) electrons. The van der Waals surface area contributed by atoms with Gasteiger partial charge < -0.3 is 11.1 Å². The molecule has 0 spiro atoms. The minimum absolute atomic E-state index is 0.181. The molecule has 4 nitrogen and oxygen atoms in total. The summed E-state index contributed by atoms with van der Waals surface area (Å²) in [6, 6.07) is 7.76. The number of nitrogens with one attached hydrogen (secondary N) is 1. The molecule has 18 heavy (non-hydrogen) atoms. The minimum atomic E-state index is -3.13. The van der Waals surface area contributed by atoms with Crippen LogP contribution in [-0.4, -0.2) is 26.8 Å². The van der Waals surface area contributed by atoms with Crippen molar-refractivity contribution in [2.24, 2.45) is 5.73 Å². The van der Waals surface area contributed by atoms with Gasteiger partial charge in [-0.05, 0) is 30.9 Å². The second kappa shape index (κ2) is 4.05. The molecule has 0 amide bonds. The van der Waals surface area contributed by atoms with Crippen molar-refractivity contribution < 1.29 is 8.42 Å². The Labute approximate surface area is 107 Å². The third-order valence-corrected chi connectivity index (χ3v) is 5.71. The molecule has 1 heterocycles. The highest BCUT2D eigenvalue weighted by atomic mass is 32.2. The van der Waals surface area contributed by atoms with E-state index in [1.165, 1.54) is 0 Å². The Bertz CT molecular complexity index is 566. The molecule has 1 aromatic carbocycles. The highest BCUT2D eigenvalue weighted by molar-refractivity contribution is 7.91.